The molecule has 1 atom stereocenters. The van der Waals surface area contributed by atoms with Gasteiger partial charge in [-0.1, -0.05) is 37.3 Å². The van der Waals surface area contributed by atoms with Crippen molar-refractivity contribution in [2.45, 2.75) is 32.2 Å². The Bertz CT molecular complexity index is 381. The number of likely N-dealkylation sites (N-methyl/N-ethyl adjacent to an activating group) is 1. The summed E-state index contributed by atoms with van der Waals surface area (Å²) in [6.07, 6.45) is 1.92. The van der Waals surface area contributed by atoms with Crippen molar-refractivity contribution in [3.63, 3.8) is 0 Å². The Balaban J connectivity index is 2.24. The zero-order valence-corrected chi connectivity index (χ0v) is 11.8. The number of hydrogen-bond acceptors (Lipinski definition) is 3. The van der Waals surface area contributed by atoms with E-state index >= 15 is 0 Å². The van der Waals surface area contributed by atoms with Crippen molar-refractivity contribution in [2.75, 3.05) is 19.8 Å². The van der Waals surface area contributed by atoms with E-state index in [-0.39, 0.29) is 5.91 Å². The van der Waals surface area contributed by atoms with E-state index in [1.807, 2.05) is 25.1 Å². The molecule has 1 aromatic carbocycles. The molecule has 0 bridgehead atoms. The molecule has 0 saturated heterocycles. The van der Waals surface area contributed by atoms with Crippen LogP contribution in [0.25, 0.3) is 0 Å². The molecule has 1 unspecified atom stereocenters. The number of primary amides is 1. The molecule has 0 fully saturated rings. The van der Waals surface area contributed by atoms with Crippen molar-refractivity contribution in [3.8, 4) is 0 Å². The van der Waals surface area contributed by atoms with Crippen molar-refractivity contribution < 1.29 is 9.53 Å². The van der Waals surface area contributed by atoms with Gasteiger partial charge in [-0.2, -0.15) is 0 Å². The number of amides is 1. The fraction of sp³-hybridized carbons (Fsp3) is 0.533. The Morgan fingerprint density at radius 1 is 1.37 bits per heavy atom. The Labute approximate surface area is 115 Å². The summed E-state index contributed by atoms with van der Waals surface area (Å²) in [4.78, 5) is 11.4. The molecule has 106 valence electrons. The lowest BCUT2D eigenvalue weighted by atomic mass is 10.0. The largest absolute Gasteiger partial charge is 0.379 e. The van der Waals surface area contributed by atoms with Gasteiger partial charge in [0.05, 0.1) is 6.61 Å². The quantitative estimate of drug-likeness (QED) is 0.664. The van der Waals surface area contributed by atoms with Crippen LogP contribution in [0.2, 0.25) is 0 Å². The van der Waals surface area contributed by atoms with Crippen LogP contribution in [0.5, 0.6) is 0 Å². The van der Waals surface area contributed by atoms with E-state index in [0.717, 1.165) is 12.8 Å². The molecule has 0 aliphatic carbocycles. The van der Waals surface area contributed by atoms with E-state index < -0.39 is 5.54 Å². The maximum absolute atomic E-state index is 11.4. The fourth-order valence-corrected chi connectivity index (χ4v) is 1.90. The minimum absolute atomic E-state index is 0.310. The van der Waals surface area contributed by atoms with Crippen LogP contribution >= 0.6 is 0 Å². The Morgan fingerprint density at radius 2 is 2.05 bits per heavy atom. The molecule has 3 N–H and O–H groups in total. The molecule has 1 amide bonds. The summed E-state index contributed by atoms with van der Waals surface area (Å²) in [7, 11) is 0. The first kappa shape index (κ1) is 15.7. The SMILES string of the molecule is CCNC(C)(COCCCc1ccccc1)C(N)=O. The molecule has 0 spiro atoms. The highest BCUT2D eigenvalue weighted by molar-refractivity contribution is 5.84. The molecule has 1 rings (SSSR count). The topological polar surface area (TPSA) is 64.3 Å². The van der Waals surface area contributed by atoms with Crippen molar-refractivity contribution in [2.24, 2.45) is 5.73 Å². The first-order valence-corrected chi connectivity index (χ1v) is 6.75. The number of carbonyl (C=O) groups is 1. The van der Waals surface area contributed by atoms with Crippen molar-refractivity contribution in [3.05, 3.63) is 35.9 Å². The van der Waals surface area contributed by atoms with Crippen LogP contribution in [0.4, 0.5) is 0 Å². The van der Waals surface area contributed by atoms with Gasteiger partial charge in [0.25, 0.3) is 0 Å². The third kappa shape index (κ3) is 5.41. The number of rotatable bonds is 9. The van der Waals surface area contributed by atoms with Crippen LogP contribution < -0.4 is 11.1 Å². The van der Waals surface area contributed by atoms with Crippen LogP contribution in [0, 0.1) is 0 Å². The normalized spacial score (nSPS) is 14.0. The van der Waals surface area contributed by atoms with E-state index in [1.54, 1.807) is 6.92 Å². The molecule has 4 heteroatoms. The van der Waals surface area contributed by atoms with E-state index in [4.69, 9.17) is 10.5 Å². The maximum Gasteiger partial charge on any atom is 0.239 e. The Morgan fingerprint density at radius 3 is 2.63 bits per heavy atom. The maximum atomic E-state index is 11.4. The van der Waals surface area contributed by atoms with Crippen molar-refractivity contribution in [1.29, 1.82) is 0 Å². The van der Waals surface area contributed by atoms with Crippen molar-refractivity contribution in [1.82, 2.24) is 5.32 Å². The predicted octanol–water partition coefficient (Wildman–Crippen LogP) is 1.49. The molecule has 0 aromatic heterocycles. The first-order chi connectivity index (χ1) is 9.08. The molecular weight excluding hydrogens is 240 g/mol. The number of benzene rings is 1. The van der Waals surface area contributed by atoms with Gasteiger partial charge in [0.2, 0.25) is 5.91 Å². The lowest BCUT2D eigenvalue weighted by Gasteiger charge is -2.26. The van der Waals surface area contributed by atoms with Crippen LogP contribution in [0.15, 0.2) is 30.3 Å². The minimum Gasteiger partial charge on any atom is -0.379 e. The molecule has 0 heterocycles. The summed E-state index contributed by atoms with van der Waals surface area (Å²) < 4.78 is 5.57. The smallest absolute Gasteiger partial charge is 0.239 e. The van der Waals surface area contributed by atoms with Gasteiger partial charge in [-0.25, -0.2) is 0 Å². The highest BCUT2D eigenvalue weighted by atomic mass is 16.5. The fourth-order valence-electron chi connectivity index (χ4n) is 1.90. The number of ether oxygens (including phenoxy) is 1. The van der Waals surface area contributed by atoms with E-state index in [2.05, 4.69) is 17.4 Å². The van der Waals surface area contributed by atoms with E-state index in [1.165, 1.54) is 5.56 Å². The standard InChI is InChI=1S/C15H24N2O2/c1-3-17-15(2,14(16)18)12-19-11-7-10-13-8-5-4-6-9-13/h4-6,8-9,17H,3,7,10-12H2,1-2H3,(H2,16,18). The number of nitrogens with one attached hydrogen (secondary N) is 1. The Kier molecular flexibility index (Phi) is 6.53. The number of nitrogens with two attached hydrogens (primary N) is 1. The van der Waals surface area contributed by atoms with E-state index in [0.29, 0.717) is 19.8 Å². The summed E-state index contributed by atoms with van der Waals surface area (Å²) in [5.41, 5.74) is 5.91. The summed E-state index contributed by atoms with van der Waals surface area (Å²) >= 11 is 0. The van der Waals surface area contributed by atoms with Gasteiger partial charge in [0, 0.05) is 6.61 Å². The Hall–Kier alpha value is -1.39. The first-order valence-electron chi connectivity index (χ1n) is 6.75. The van der Waals surface area contributed by atoms with Crippen molar-refractivity contribution >= 4 is 5.91 Å². The third-order valence-electron chi connectivity index (χ3n) is 3.10. The lowest BCUT2D eigenvalue weighted by molar-refractivity contribution is -0.126. The van der Waals surface area contributed by atoms with Gasteiger partial charge in [-0.3, -0.25) is 4.79 Å². The molecule has 0 aliphatic rings. The van der Waals surface area contributed by atoms with Crippen LogP contribution in [-0.2, 0) is 16.0 Å². The molecule has 1 aromatic rings. The summed E-state index contributed by atoms with van der Waals surface area (Å²) in [6, 6.07) is 10.3. The highest BCUT2D eigenvalue weighted by Crippen LogP contribution is 2.06. The molecule has 0 aliphatic heterocycles. The van der Waals surface area contributed by atoms with Gasteiger partial charge in [0.15, 0.2) is 0 Å². The average Bonchev–Trinajstić information content (AvgIpc) is 2.39. The van der Waals surface area contributed by atoms with Crippen LogP contribution in [0.1, 0.15) is 25.8 Å². The second kappa shape index (κ2) is 7.92. The predicted molar refractivity (Wildman–Crippen MR) is 76.9 cm³/mol. The third-order valence-corrected chi connectivity index (χ3v) is 3.10. The summed E-state index contributed by atoms with van der Waals surface area (Å²) in [5.74, 6) is -0.377. The molecule has 4 nitrogen and oxygen atoms in total. The molecule has 19 heavy (non-hydrogen) atoms. The van der Waals surface area contributed by atoms with Gasteiger partial charge in [-0.05, 0) is 31.9 Å². The second-order valence-electron chi connectivity index (χ2n) is 4.87. The average molecular weight is 264 g/mol. The monoisotopic (exact) mass is 264 g/mol. The van der Waals surface area contributed by atoms with E-state index in [9.17, 15) is 4.79 Å². The molecule has 0 saturated carbocycles. The summed E-state index contributed by atoms with van der Waals surface area (Å²) in [6.45, 7) is 5.34. The summed E-state index contributed by atoms with van der Waals surface area (Å²) in [5, 5.41) is 3.07. The zero-order chi connectivity index (χ0) is 14.1. The second-order valence-corrected chi connectivity index (χ2v) is 4.87. The highest BCUT2D eigenvalue weighted by Gasteiger charge is 2.29. The van der Waals surface area contributed by atoms with Gasteiger partial charge in [-0.15, -0.1) is 0 Å². The van der Waals surface area contributed by atoms with Crippen LogP contribution in [-0.4, -0.2) is 31.2 Å². The number of carbonyl (C=O) groups excluding carboxylic acids is 1. The number of aryl methyl sites for hydroxylation is 1. The molecular formula is C15H24N2O2. The van der Waals surface area contributed by atoms with Gasteiger partial charge in [0.1, 0.15) is 5.54 Å². The zero-order valence-electron chi connectivity index (χ0n) is 11.8. The van der Waals surface area contributed by atoms with Crippen LogP contribution in [0.3, 0.4) is 0 Å². The number of hydrogen-bond donors (Lipinski definition) is 2. The molecule has 0 radical (unpaired) electrons. The minimum atomic E-state index is -0.776. The van der Waals surface area contributed by atoms with Gasteiger partial charge >= 0.3 is 0 Å². The lowest BCUT2D eigenvalue weighted by Crippen LogP contribution is -2.56. The van der Waals surface area contributed by atoms with Gasteiger partial charge < -0.3 is 15.8 Å².